The molecule has 2 heterocycles. The predicted molar refractivity (Wildman–Crippen MR) is 288 cm³/mol. The highest BCUT2D eigenvalue weighted by molar-refractivity contribution is 7.25. The molecular weight excluding hydrogens is 829 g/mol. The lowest BCUT2D eigenvalue weighted by Gasteiger charge is -2.31. The quantitative estimate of drug-likeness (QED) is 0.148. The minimum Gasteiger partial charge on any atom is -0.309 e. The maximum absolute atomic E-state index is 2.55. The molecule has 0 amide bonds. The van der Waals surface area contributed by atoms with E-state index in [0.29, 0.717) is 5.92 Å². The van der Waals surface area contributed by atoms with Crippen LogP contribution in [0, 0.1) is 0 Å². The summed E-state index contributed by atoms with van der Waals surface area (Å²) in [6.45, 7) is 0. The molecule has 67 heavy (non-hydrogen) atoms. The third kappa shape index (κ3) is 6.68. The van der Waals surface area contributed by atoms with E-state index in [2.05, 4.69) is 234 Å². The minimum atomic E-state index is 0.564. The van der Waals surface area contributed by atoms with Gasteiger partial charge < -0.3 is 9.47 Å². The van der Waals surface area contributed by atoms with Gasteiger partial charge >= 0.3 is 0 Å². The monoisotopic (exact) mass is 876 g/mol. The van der Waals surface area contributed by atoms with E-state index in [9.17, 15) is 0 Å². The molecule has 0 unspecified atom stereocenters. The molecule has 0 N–H and O–H groups in total. The Bertz CT molecular complexity index is 3810. The first-order chi connectivity index (χ1) is 33.3. The third-order valence-electron chi connectivity index (χ3n) is 14.4. The Hall–Kier alpha value is -7.72. The van der Waals surface area contributed by atoms with Crippen LogP contribution >= 0.6 is 11.3 Å². The van der Waals surface area contributed by atoms with Crippen molar-refractivity contribution in [2.75, 3.05) is 4.90 Å². The second kappa shape index (κ2) is 16.6. The first-order valence-electron chi connectivity index (χ1n) is 23.9. The van der Waals surface area contributed by atoms with E-state index >= 15 is 0 Å². The molecule has 12 aromatic rings. The summed E-state index contributed by atoms with van der Waals surface area (Å²) in [5.41, 5.74) is 15.8. The zero-order valence-corrected chi connectivity index (χ0v) is 38.1. The number of hydrogen-bond acceptors (Lipinski definition) is 2. The predicted octanol–water partition coefficient (Wildman–Crippen LogP) is 18.8. The molecule has 1 aliphatic rings. The number of hydrogen-bond donors (Lipinski definition) is 0. The van der Waals surface area contributed by atoms with Crippen molar-refractivity contribution in [3.8, 4) is 39.1 Å². The number of nitrogens with zero attached hydrogens (tertiary/aromatic N) is 2. The molecular formula is C64H48N2S. The number of benzene rings is 10. The van der Waals surface area contributed by atoms with E-state index in [1.165, 1.54) is 124 Å². The molecule has 1 aliphatic carbocycles. The van der Waals surface area contributed by atoms with E-state index < -0.39 is 0 Å². The topological polar surface area (TPSA) is 8.17 Å². The van der Waals surface area contributed by atoms with Gasteiger partial charge in [-0.1, -0.05) is 189 Å². The van der Waals surface area contributed by atoms with Gasteiger partial charge in [0.25, 0.3) is 0 Å². The van der Waals surface area contributed by atoms with E-state index in [0.717, 1.165) is 22.7 Å². The SMILES string of the molecule is c1ccc(-n2c3ccccc3c3cccc(-c4cccc(N(c5ccccc5-c5cccc6cccc(C7CCCCC7)c56)c5ccccc5-c5cccc6sc7ccccc7c56)c4)c32)cc1. The van der Waals surface area contributed by atoms with Crippen LogP contribution in [0.4, 0.5) is 17.1 Å². The molecule has 2 aromatic heterocycles. The van der Waals surface area contributed by atoms with Gasteiger partial charge in [-0.15, -0.1) is 11.3 Å². The lowest BCUT2D eigenvalue weighted by Crippen LogP contribution is -2.13. The lowest BCUT2D eigenvalue weighted by molar-refractivity contribution is 0.445. The molecule has 13 rings (SSSR count). The number of aromatic nitrogens is 1. The summed E-state index contributed by atoms with van der Waals surface area (Å²) in [4.78, 5) is 2.55. The number of para-hydroxylation sites is 5. The van der Waals surface area contributed by atoms with Crippen LogP contribution in [-0.2, 0) is 0 Å². The van der Waals surface area contributed by atoms with Gasteiger partial charge in [0.2, 0.25) is 0 Å². The molecule has 3 heteroatoms. The van der Waals surface area contributed by atoms with Crippen molar-refractivity contribution in [3.63, 3.8) is 0 Å². The molecule has 0 atom stereocenters. The van der Waals surface area contributed by atoms with Gasteiger partial charge in [0.1, 0.15) is 0 Å². The van der Waals surface area contributed by atoms with Gasteiger partial charge in [0.05, 0.1) is 22.4 Å². The maximum Gasteiger partial charge on any atom is 0.0619 e. The first kappa shape index (κ1) is 39.6. The molecule has 2 nitrogen and oxygen atoms in total. The van der Waals surface area contributed by atoms with Gasteiger partial charge in [-0.25, -0.2) is 0 Å². The van der Waals surface area contributed by atoms with Crippen molar-refractivity contribution >= 4 is 81.1 Å². The largest absolute Gasteiger partial charge is 0.309 e. The minimum absolute atomic E-state index is 0.564. The summed E-state index contributed by atoms with van der Waals surface area (Å²) in [6, 6.07) is 83.6. The second-order valence-electron chi connectivity index (χ2n) is 18.2. The Kier molecular flexibility index (Phi) is 9.83. The van der Waals surface area contributed by atoms with Crippen molar-refractivity contribution in [1.82, 2.24) is 4.57 Å². The lowest BCUT2D eigenvalue weighted by atomic mass is 9.80. The molecule has 1 fully saturated rings. The van der Waals surface area contributed by atoms with Gasteiger partial charge in [-0.05, 0) is 106 Å². The molecule has 0 bridgehead atoms. The van der Waals surface area contributed by atoms with Gasteiger partial charge in [0.15, 0.2) is 0 Å². The van der Waals surface area contributed by atoms with Crippen LogP contribution in [0.1, 0.15) is 43.6 Å². The Morgan fingerprint density at radius 2 is 1.00 bits per heavy atom. The number of rotatable bonds is 8. The third-order valence-corrected chi connectivity index (χ3v) is 15.5. The van der Waals surface area contributed by atoms with Crippen LogP contribution < -0.4 is 4.90 Å². The Labute approximate surface area is 395 Å². The van der Waals surface area contributed by atoms with E-state index in [4.69, 9.17) is 0 Å². The fraction of sp³-hybridized carbons (Fsp3) is 0.0938. The molecule has 10 aromatic carbocycles. The van der Waals surface area contributed by atoms with Crippen LogP contribution in [0.5, 0.6) is 0 Å². The zero-order valence-electron chi connectivity index (χ0n) is 37.3. The fourth-order valence-corrected chi connectivity index (χ4v) is 12.6. The fourth-order valence-electron chi connectivity index (χ4n) is 11.5. The standard InChI is InChI=1S/C64H48N2S/c1-3-20-43(21-4-1)48-32-16-22-44-23-17-34-53(62(44)48)50-28-7-11-37-57(50)65(58-38-12-8-29-51(58)54-35-19-41-61-63(54)56-31-10-14-40-60(56)67-61)47-27-15-24-45(42-47)49-33-18-36-55-52-30-9-13-39-59(52)66(64(49)55)46-25-5-2-6-26-46/h2,5-19,22-43H,1,3-4,20-21H2. The zero-order chi connectivity index (χ0) is 44.3. The van der Waals surface area contributed by atoms with Crippen molar-refractivity contribution in [3.05, 3.63) is 230 Å². The summed E-state index contributed by atoms with van der Waals surface area (Å²) >= 11 is 1.88. The van der Waals surface area contributed by atoms with Crippen LogP contribution in [0.15, 0.2) is 224 Å². The number of thiophene rings is 1. The second-order valence-corrected chi connectivity index (χ2v) is 19.3. The van der Waals surface area contributed by atoms with Crippen molar-refractivity contribution in [1.29, 1.82) is 0 Å². The average Bonchev–Trinajstić information content (AvgIpc) is 3.96. The average molecular weight is 877 g/mol. The maximum atomic E-state index is 2.55. The number of anilines is 3. The first-order valence-corrected chi connectivity index (χ1v) is 24.7. The van der Waals surface area contributed by atoms with Gasteiger partial charge in [-0.2, -0.15) is 0 Å². The molecule has 0 radical (unpaired) electrons. The van der Waals surface area contributed by atoms with Crippen LogP contribution in [0.2, 0.25) is 0 Å². The summed E-state index contributed by atoms with van der Waals surface area (Å²) in [5, 5.41) is 7.81. The summed E-state index contributed by atoms with van der Waals surface area (Å²) < 4.78 is 5.06. The molecule has 1 saturated carbocycles. The van der Waals surface area contributed by atoms with Crippen LogP contribution in [-0.4, -0.2) is 4.57 Å². The van der Waals surface area contributed by atoms with Gasteiger partial charge in [-0.3, -0.25) is 0 Å². The summed E-state index contributed by atoms with van der Waals surface area (Å²) in [5.74, 6) is 0.564. The Morgan fingerprint density at radius 1 is 0.418 bits per heavy atom. The molecule has 0 aliphatic heterocycles. The summed E-state index contributed by atoms with van der Waals surface area (Å²) in [6.07, 6.45) is 6.43. The van der Waals surface area contributed by atoms with E-state index in [1.54, 1.807) is 0 Å². The van der Waals surface area contributed by atoms with Crippen molar-refractivity contribution in [2.45, 2.75) is 38.0 Å². The smallest absolute Gasteiger partial charge is 0.0619 e. The van der Waals surface area contributed by atoms with E-state index in [1.807, 2.05) is 11.3 Å². The molecule has 0 saturated heterocycles. The highest BCUT2D eigenvalue weighted by Crippen LogP contribution is 2.50. The summed E-state index contributed by atoms with van der Waals surface area (Å²) in [7, 11) is 0. The highest BCUT2D eigenvalue weighted by atomic mass is 32.1. The molecule has 320 valence electrons. The van der Waals surface area contributed by atoms with Crippen LogP contribution in [0.25, 0.3) is 91.8 Å². The number of fused-ring (bicyclic) bond motifs is 7. The van der Waals surface area contributed by atoms with Gasteiger partial charge in [0, 0.05) is 59.0 Å². The van der Waals surface area contributed by atoms with Crippen molar-refractivity contribution < 1.29 is 0 Å². The highest BCUT2D eigenvalue weighted by Gasteiger charge is 2.26. The normalized spacial score (nSPS) is 13.3. The van der Waals surface area contributed by atoms with Crippen molar-refractivity contribution in [2.24, 2.45) is 0 Å². The Balaban J connectivity index is 1.08. The Morgan fingerprint density at radius 3 is 1.81 bits per heavy atom. The molecule has 0 spiro atoms. The van der Waals surface area contributed by atoms with E-state index in [-0.39, 0.29) is 0 Å². The van der Waals surface area contributed by atoms with Crippen LogP contribution in [0.3, 0.4) is 0 Å².